The van der Waals surface area contributed by atoms with Crippen LogP contribution >= 0.6 is 0 Å². The van der Waals surface area contributed by atoms with E-state index in [0.29, 0.717) is 5.56 Å². The maximum atomic E-state index is 8.00. The molecule has 68 valence electrons. The van der Waals surface area contributed by atoms with Crippen LogP contribution in [0, 0.1) is 6.92 Å². The van der Waals surface area contributed by atoms with Gasteiger partial charge < -0.3 is 4.42 Å². The fourth-order valence-electron chi connectivity index (χ4n) is 1.45. The van der Waals surface area contributed by atoms with Gasteiger partial charge in [-0.1, -0.05) is 36.3 Å². The van der Waals surface area contributed by atoms with Crippen molar-refractivity contribution in [1.82, 2.24) is 0 Å². The van der Waals surface area contributed by atoms with Crippen molar-refractivity contribution in [3.05, 3.63) is 47.9 Å². The van der Waals surface area contributed by atoms with E-state index in [-0.39, 0.29) is 52.2 Å². The maximum absolute atomic E-state index is 8.00. The summed E-state index contributed by atoms with van der Waals surface area (Å²) >= 11 is 0. The second-order valence-corrected chi connectivity index (χ2v) is 3.01. The average Bonchev–Trinajstić information content (AvgIpc) is 2.87. The fourth-order valence-corrected chi connectivity index (χ4v) is 1.45. The molecule has 3 aromatic rings. The molecule has 1 heterocycles. The van der Waals surface area contributed by atoms with Crippen LogP contribution in [-0.4, -0.2) is 0 Å². The molecule has 3 rings (SSSR count). The van der Waals surface area contributed by atoms with Crippen LogP contribution in [0.1, 0.15) is 15.2 Å². The number of furan rings is 1. The summed E-state index contributed by atoms with van der Waals surface area (Å²) in [6.07, 6.45) is 0. The average molecular weight is 189 g/mol. The summed E-state index contributed by atoms with van der Waals surface area (Å²) in [6, 6.07) is -2.11. The molecule has 1 nitrogen and oxygen atoms in total. The summed E-state index contributed by atoms with van der Waals surface area (Å²) < 4.78 is 60.3. The summed E-state index contributed by atoms with van der Waals surface area (Å²) in [5.74, 6) is 0. The normalized spacial score (nSPS) is 18.2. The molecule has 1 aromatic heterocycles. The van der Waals surface area contributed by atoms with Gasteiger partial charge in [-0.05, 0) is 18.5 Å². The molecule has 1 heteroatoms. The van der Waals surface area contributed by atoms with E-state index in [9.17, 15) is 0 Å². The quantitative estimate of drug-likeness (QED) is 0.523. The molecule has 2 aromatic carbocycles. The summed E-state index contributed by atoms with van der Waals surface area (Å²) in [6.45, 7) is 1.57. The zero-order valence-electron chi connectivity index (χ0n) is 14.4. The van der Waals surface area contributed by atoms with Gasteiger partial charge in [-0.2, -0.15) is 0 Å². The van der Waals surface area contributed by atoms with E-state index in [2.05, 4.69) is 0 Å². The zero-order chi connectivity index (χ0) is 15.6. The van der Waals surface area contributed by atoms with Crippen molar-refractivity contribution in [2.45, 2.75) is 6.92 Å². The Morgan fingerprint density at radius 1 is 1.00 bits per heavy atom. The lowest BCUT2D eigenvalue weighted by atomic mass is 10.1. The highest BCUT2D eigenvalue weighted by Crippen LogP contribution is 2.29. The lowest BCUT2D eigenvalue weighted by Gasteiger charge is -1.91. The van der Waals surface area contributed by atoms with Gasteiger partial charge in [-0.15, -0.1) is 0 Å². The molecule has 0 aliphatic rings. The molecule has 0 aliphatic carbocycles. The van der Waals surface area contributed by atoms with Crippen LogP contribution < -0.4 is 0 Å². The Kier molecular flexibility index (Phi) is 0.640. The van der Waals surface area contributed by atoms with Gasteiger partial charge in [0.2, 0.25) is 0 Å². The van der Waals surface area contributed by atoms with E-state index in [1.54, 1.807) is 6.92 Å². The molecule has 14 heavy (non-hydrogen) atoms. The van der Waals surface area contributed by atoms with Crippen molar-refractivity contribution in [3.8, 4) is 0 Å². The van der Waals surface area contributed by atoms with Crippen molar-refractivity contribution in [1.29, 1.82) is 0 Å². The van der Waals surface area contributed by atoms with Crippen LogP contribution in [0.15, 0.2) is 46.7 Å². The lowest BCUT2D eigenvalue weighted by Crippen LogP contribution is -1.70. The van der Waals surface area contributed by atoms with Crippen molar-refractivity contribution >= 4 is 21.9 Å². The number of hydrogen-bond acceptors (Lipinski definition) is 1. The lowest BCUT2D eigenvalue weighted by molar-refractivity contribution is 0.666. The molecule has 0 bridgehead atoms. The second-order valence-electron chi connectivity index (χ2n) is 3.01. The van der Waals surface area contributed by atoms with Gasteiger partial charge in [-0.3, -0.25) is 0 Å². The van der Waals surface area contributed by atoms with Crippen molar-refractivity contribution in [2.75, 3.05) is 0 Å². The molecular formula is C13H10O. The Morgan fingerprint density at radius 3 is 2.71 bits per heavy atom. The minimum absolute atomic E-state index is 0.0439. The Bertz CT molecular complexity index is 852. The Balaban J connectivity index is 2.73. The van der Waals surface area contributed by atoms with Gasteiger partial charge in [0, 0.05) is 10.8 Å². The Morgan fingerprint density at radius 2 is 1.79 bits per heavy atom. The molecule has 0 spiro atoms. The van der Waals surface area contributed by atoms with E-state index in [1.165, 1.54) is 0 Å². The molecule has 0 aliphatic heterocycles. The number of para-hydroxylation sites is 2. The molecular weight excluding hydrogens is 172 g/mol. The van der Waals surface area contributed by atoms with Crippen LogP contribution in [0.2, 0.25) is 0 Å². The highest BCUT2D eigenvalue weighted by Gasteiger charge is 2.06. The minimum atomic E-state index is -0.409. The summed E-state index contributed by atoms with van der Waals surface area (Å²) in [7, 11) is 0. The van der Waals surface area contributed by atoms with Crippen molar-refractivity contribution in [2.24, 2.45) is 0 Å². The monoisotopic (exact) mass is 189 g/mol. The van der Waals surface area contributed by atoms with E-state index in [1.807, 2.05) is 0 Å². The summed E-state index contributed by atoms with van der Waals surface area (Å²) in [4.78, 5) is 0. The number of hydrogen-bond donors (Lipinski definition) is 0. The van der Waals surface area contributed by atoms with Gasteiger partial charge >= 0.3 is 0 Å². The smallest absolute Gasteiger partial charge is 0.138 e. The van der Waals surface area contributed by atoms with Crippen LogP contribution in [0.3, 0.4) is 0 Å². The largest absolute Gasteiger partial charge is 0.456 e. The number of benzene rings is 2. The second kappa shape index (κ2) is 2.61. The predicted octanol–water partition coefficient (Wildman–Crippen LogP) is 3.89. The van der Waals surface area contributed by atoms with Crippen molar-refractivity contribution in [3.63, 3.8) is 0 Å². The Hall–Kier alpha value is -1.76. The molecule has 0 unspecified atom stereocenters. The SMILES string of the molecule is [2H]c1c([2H])c([2H])c2c(oc3c(C)c([2H])c([2H])c([2H])c32)c1[2H]. The van der Waals surface area contributed by atoms with Gasteiger partial charge in [-0.25, -0.2) is 0 Å². The van der Waals surface area contributed by atoms with Crippen LogP contribution in [-0.2, 0) is 0 Å². The first-order valence-electron chi connectivity index (χ1n) is 7.66. The molecule has 0 atom stereocenters. The fraction of sp³-hybridized carbons (Fsp3) is 0.0769. The summed E-state index contributed by atoms with van der Waals surface area (Å²) in [5, 5.41) is 0.258. The predicted molar refractivity (Wildman–Crippen MR) is 58.5 cm³/mol. The van der Waals surface area contributed by atoms with Crippen LogP contribution in [0.25, 0.3) is 21.9 Å². The molecule has 0 amide bonds. The highest BCUT2D eigenvalue weighted by atomic mass is 16.3. The van der Waals surface area contributed by atoms with E-state index in [4.69, 9.17) is 14.0 Å². The highest BCUT2D eigenvalue weighted by molar-refractivity contribution is 6.05. The topological polar surface area (TPSA) is 13.1 Å². The molecule has 0 radical (unpaired) electrons. The van der Waals surface area contributed by atoms with Gasteiger partial charge in [0.1, 0.15) is 11.2 Å². The van der Waals surface area contributed by atoms with E-state index in [0.717, 1.165) is 0 Å². The minimum Gasteiger partial charge on any atom is -0.456 e. The van der Waals surface area contributed by atoms with Gasteiger partial charge in [0.05, 0.1) is 9.60 Å². The first-order valence-corrected chi connectivity index (χ1v) is 4.16. The third-order valence-corrected chi connectivity index (χ3v) is 2.11. The van der Waals surface area contributed by atoms with Crippen LogP contribution in [0.5, 0.6) is 0 Å². The number of rotatable bonds is 0. The van der Waals surface area contributed by atoms with Crippen molar-refractivity contribution < 1.29 is 14.0 Å². The third-order valence-electron chi connectivity index (χ3n) is 2.11. The first kappa shape index (κ1) is 3.43. The van der Waals surface area contributed by atoms with E-state index < -0.39 is 12.1 Å². The third kappa shape index (κ3) is 0.896. The van der Waals surface area contributed by atoms with Gasteiger partial charge in [0.25, 0.3) is 0 Å². The number of fused-ring (bicyclic) bond motifs is 3. The van der Waals surface area contributed by atoms with Crippen LogP contribution in [0.4, 0.5) is 0 Å². The molecule has 0 N–H and O–H groups in total. The molecule has 0 saturated heterocycles. The molecule has 0 saturated carbocycles. The molecule has 0 fully saturated rings. The zero-order valence-corrected chi connectivity index (χ0v) is 7.41. The Labute approximate surface area is 91.8 Å². The standard InChI is InChI=1S/C13H10O/c1-9-5-4-7-11-10-6-2-3-8-12(10)14-13(9)11/h2-8H,1H3/i2D,3D,4D,5D,6D,7D,8D. The maximum Gasteiger partial charge on any atom is 0.138 e. The first-order chi connectivity index (χ1) is 9.77. The summed E-state index contributed by atoms with van der Waals surface area (Å²) in [5.41, 5.74) is 0.472. The number of aryl methyl sites for hydroxylation is 1. The van der Waals surface area contributed by atoms with Gasteiger partial charge in [0.15, 0.2) is 0 Å². The van der Waals surface area contributed by atoms with E-state index >= 15 is 0 Å².